The maximum atomic E-state index is 5.65. The Labute approximate surface area is 119 Å². The fourth-order valence-corrected chi connectivity index (χ4v) is 3.97. The van der Waals surface area contributed by atoms with Crippen molar-refractivity contribution in [1.29, 1.82) is 0 Å². The van der Waals surface area contributed by atoms with Gasteiger partial charge >= 0.3 is 0 Å². The monoisotopic (exact) mass is 268 g/mol. The van der Waals surface area contributed by atoms with E-state index in [1.807, 2.05) is 0 Å². The molecule has 0 aromatic rings. The predicted octanol–water partition coefficient (Wildman–Crippen LogP) is 2.66. The summed E-state index contributed by atoms with van der Waals surface area (Å²) in [6.07, 6.45) is 6.60. The van der Waals surface area contributed by atoms with E-state index < -0.39 is 0 Å². The number of nitrogens with one attached hydrogen (secondary N) is 1. The maximum absolute atomic E-state index is 5.65. The van der Waals surface area contributed by atoms with Crippen LogP contribution >= 0.6 is 0 Å². The lowest BCUT2D eigenvalue weighted by Crippen LogP contribution is -2.63. The summed E-state index contributed by atoms with van der Waals surface area (Å²) in [5.41, 5.74) is 0.287. The molecule has 2 rings (SSSR count). The van der Waals surface area contributed by atoms with Crippen LogP contribution in [0.25, 0.3) is 0 Å². The third kappa shape index (κ3) is 3.32. The maximum Gasteiger partial charge on any atom is 0.0510 e. The van der Waals surface area contributed by atoms with Crippen LogP contribution in [0.3, 0.4) is 0 Å². The Kier molecular flexibility index (Phi) is 5.67. The molecule has 0 aromatic carbocycles. The topological polar surface area (TPSA) is 24.5 Å². The number of likely N-dealkylation sites (N-methyl/N-ethyl adjacent to an activating group) is 1. The van der Waals surface area contributed by atoms with E-state index >= 15 is 0 Å². The molecule has 3 nitrogen and oxygen atoms in total. The number of likely N-dealkylation sites (tertiary alicyclic amines) is 1. The summed E-state index contributed by atoms with van der Waals surface area (Å²) in [5.74, 6) is 0.687. The molecule has 2 saturated heterocycles. The molecule has 2 aliphatic rings. The summed E-state index contributed by atoms with van der Waals surface area (Å²) >= 11 is 0. The van der Waals surface area contributed by atoms with Gasteiger partial charge in [-0.25, -0.2) is 0 Å². The summed E-state index contributed by atoms with van der Waals surface area (Å²) in [6, 6.07) is 0.572. The highest BCUT2D eigenvalue weighted by molar-refractivity contribution is 5.01. The van der Waals surface area contributed by atoms with Crippen LogP contribution in [0, 0.1) is 5.92 Å². The first-order valence-corrected chi connectivity index (χ1v) is 8.28. The molecule has 3 heteroatoms. The molecule has 0 spiro atoms. The van der Waals surface area contributed by atoms with Crippen LogP contribution in [-0.4, -0.2) is 49.3 Å². The summed E-state index contributed by atoms with van der Waals surface area (Å²) in [7, 11) is 0. The van der Waals surface area contributed by atoms with Gasteiger partial charge in [0.25, 0.3) is 0 Å². The van der Waals surface area contributed by atoms with E-state index in [1.165, 1.54) is 45.2 Å². The largest absolute Gasteiger partial charge is 0.381 e. The summed E-state index contributed by atoms with van der Waals surface area (Å²) in [4.78, 5) is 2.75. The van der Waals surface area contributed by atoms with Crippen LogP contribution in [0.5, 0.6) is 0 Å². The van der Waals surface area contributed by atoms with Crippen LogP contribution in [0.4, 0.5) is 0 Å². The highest BCUT2D eigenvalue weighted by Crippen LogP contribution is 2.33. The lowest BCUT2D eigenvalue weighted by Gasteiger charge is -2.50. The molecule has 0 amide bonds. The average Bonchev–Trinajstić information content (AvgIpc) is 2.98. The summed E-state index contributed by atoms with van der Waals surface area (Å²) < 4.78 is 5.65. The van der Waals surface area contributed by atoms with Gasteiger partial charge in [0.2, 0.25) is 0 Å². The lowest BCUT2D eigenvalue weighted by molar-refractivity contribution is 0.0210. The Hall–Kier alpha value is -0.120. The fraction of sp³-hybridized carbons (Fsp3) is 1.00. The van der Waals surface area contributed by atoms with Crippen LogP contribution in [0.1, 0.15) is 52.9 Å². The third-order valence-corrected chi connectivity index (χ3v) is 5.32. The zero-order valence-electron chi connectivity index (χ0n) is 13.1. The number of piperidine rings is 1. The second-order valence-corrected chi connectivity index (χ2v) is 6.42. The van der Waals surface area contributed by atoms with Crippen molar-refractivity contribution in [2.45, 2.75) is 64.5 Å². The van der Waals surface area contributed by atoms with Gasteiger partial charge in [-0.15, -0.1) is 0 Å². The van der Waals surface area contributed by atoms with Crippen LogP contribution in [-0.2, 0) is 4.74 Å². The normalized spacial score (nSPS) is 30.2. The van der Waals surface area contributed by atoms with Gasteiger partial charge in [-0.2, -0.15) is 0 Å². The van der Waals surface area contributed by atoms with Gasteiger partial charge in [0.1, 0.15) is 0 Å². The highest BCUT2D eigenvalue weighted by atomic mass is 16.5. The molecule has 0 bridgehead atoms. The first-order chi connectivity index (χ1) is 9.22. The Bertz CT molecular complexity index is 259. The number of hydrogen-bond donors (Lipinski definition) is 1. The van der Waals surface area contributed by atoms with Crippen LogP contribution in [0.2, 0.25) is 0 Å². The van der Waals surface area contributed by atoms with E-state index in [0.717, 1.165) is 19.8 Å². The van der Waals surface area contributed by atoms with Crippen molar-refractivity contribution in [1.82, 2.24) is 10.2 Å². The Morgan fingerprint density at radius 3 is 2.53 bits per heavy atom. The third-order valence-electron chi connectivity index (χ3n) is 5.32. The second kappa shape index (κ2) is 7.05. The fourth-order valence-electron chi connectivity index (χ4n) is 3.97. The van der Waals surface area contributed by atoms with Gasteiger partial charge in [-0.3, -0.25) is 4.90 Å². The minimum absolute atomic E-state index is 0.287. The van der Waals surface area contributed by atoms with Crippen molar-refractivity contribution in [3.63, 3.8) is 0 Å². The summed E-state index contributed by atoms with van der Waals surface area (Å²) in [5, 5.41) is 3.79. The molecular weight excluding hydrogens is 236 g/mol. The molecule has 0 aliphatic carbocycles. The standard InChI is InChI=1S/C16H32N2O/c1-4-16(3,18-10-7-6-8-11-18)15(17-5-2)14-9-12-19-13-14/h14-15,17H,4-13H2,1-3H3. The SMILES string of the molecule is CCNC(C1CCOC1)C(C)(CC)N1CCCCC1. The zero-order chi connectivity index (χ0) is 13.7. The molecule has 0 saturated carbocycles. The number of nitrogens with zero attached hydrogens (tertiary/aromatic N) is 1. The molecule has 0 aromatic heterocycles. The first kappa shape index (κ1) is 15.3. The van der Waals surface area contributed by atoms with E-state index in [4.69, 9.17) is 4.74 Å². The molecule has 3 atom stereocenters. The number of hydrogen-bond acceptors (Lipinski definition) is 3. The van der Waals surface area contributed by atoms with Gasteiger partial charge < -0.3 is 10.1 Å². The zero-order valence-corrected chi connectivity index (χ0v) is 13.1. The van der Waals surface area contributed by atoms with Crippen molar-refractivity contribution in [3.05, 3.63) is 0 Å². The van der Waals surface area contributed by atoms with Crippen LogP contribution < -0.4 is 5.32 Å². The molecule has 112 valence electrons. The van der Waals surface area contributed by atoms with Crippen LogP contribution in [0.15, 0.2) is 0 Å². The second-order valence-electron chi connectivity index (χ2n) is 6.42. The molecule has 2 heterocycles. The van der Waals surface area contributed by atoms with Crippen molar-refractivity contribution in [2.24, 2.45) is 5.92 Å². The van der Waals surface area contributed by atoms with Gasteiger partial charge in [0, 0.05) is 24.1 Å². The van der Waals surface area contributed by atoms with E-state index in [2.05, 4.69) is 31.0 Å². The molecule has 2 aliphatic heterocycles. The van der Waals surface area contributed by atoms with Crippen molar-refractivity contribution in [2.75, 3.05) is 32.8 Å². The number of ether oxygens (including phenoxy) is 1. The number of rotatable bonds is 6. The predicted molar refractivity (Wildman–Crippen MR) is 80.5 cm³/mol. The van der Waals surface area contributed by atoms with Gasteiger partial charge in [0.05, 0.1) is 6.61 Å². The van der Waals surface area contributed by atoms with E-state index in [-0.39, 0.29) is 5.54 Å². The molecule has 2 fully saturated rings. The summed E-state index contributed by atoms with van der Waals surface area (Å²) in [6.45, 7) is 12.6. The molecule has 1 N–H and O–H groups in total. The smallest absolute Gasteiger partial charge is 0.0510 e. The molecule has 3 unspecified atom stereocenters. The van der Waals surface area contributed by atoms with Gasteiger partial charge in [-0.1, -0.05) is 20.3 Å². The van der Waals surface area contributed by atoms with E-state index in [9.17, 15) is 0 Å². The van der Waals surface area contributed by atoms with Crippen molar-refractivity contribution in [3.8, 4) is 0 Å². The molecule has 0 radical (unpaired) electrons. The van der Waals surface area contributed by atoms with Crippen molar-refractivity contribution < 1.29 is 4.74 Å². The van der Waals surface area contributed by atoms with E-state index in [0.29, 0.717) is 12.0 Å². The lowest BCUT2D eigenvalue weighted by atomic mass is 9.78. The Morgan fingerprint density at radius 1 is 1.26 bits per heavy atom. The highest BCUT2D eigenvalue weighted by Gasteiger charge is 2.43. The Balaban J connectivity index is 2.13. The Morgan fingerprint density at radius 2 is 2.00 bits per heavy atom. The van der Waals surface area contributed by atoms with Gasteiger partial charge in [0.15, 0.2) is 0 Å². The molecule has 19 heavy (non-hydrogen) atoms. The minimum Gasteiger partial charge on any atom is -0.381 e. The van der Waals surface area contributed by atoms with Crippen molar-refractivity contribution >= 4 is 0 Å². The quantitative estimate of drug-likeness (QED) is 0.801. The van der Waals surface area contributed by atoms with E-state index in [1.54, 1.807) is 0 Å². The first-order valence-electron chi connectivity index (χ1n) is 8.28. The molecular formula is C16H32N2O. The minimum atomic E-state index is 0.287. The van der Waals surface area contributed by atoms with Gasteiger partial charge in [-0.05, 0) is 52.2 Å². The average molecular weight is 268 g/mol.